The van der Waals surface area contributed by atoms with Crippen LogP contribution in [0.25, 0.3) is 11.1 Å². The summed E-state index contributed by atoms with van der Waals surface area (Å²) in [6.07, 6.45) is 6.45. The summed E-state index contributed by atoms with van der Waals surface area (Å²) >= 11 is 0. The number of amides is 2. The van der Waals surface area contributed by atoms with E-state index in [2.05, 4.69) is 20.6 Å². The quantitative estimate of drug-likeness (QED) is 0.610. The molecular weight excluding hydrogens is 380 g/mol. The molecule has 0 spiro atoms. The van der Waals surface area contributed by atoms with Crippen LogP contribution >= 0.6 is 0 Å². The third-order valence-corrected chi connectivity index (χ3v) is 4.84. The zero-order chi connectivity index (χ0) is 21.1. The molecule has 1 saturated carbocycles. The molecule has 0 radical (unpaired) electrons. The zero-order valence-corrected chi connectivity index (χ0v) is 16.4. The van der Waals surface area contributed by atoms with Crippen LogP contribution in [0.4, 0.5) is 11.5 Å². The molecule has 1 aliphatic carbocycles. The van der Waals surface area contributed by atoms with Crippen molar-refractivity contribution >= 4 is 29.1 Å². The average Bonchev–Trinajstić information content (AvgIpc) is 3.60. The van der Waals surface area contributed by atoms with Crippen LogP contribution in [0.1, 0.15) is 40.5 Å². The second kappa shape index (κ2) is 8.24. The minimum atomic E-state index is -0.349. The summed E-state index contributed by atoms with van der Waals surface area (Å²) < 4.78 is 0. The van der Waals surface area contributed by atoms with E-state index < -0.39 is 0 Å². The summed E-state index contributed by atoms with van der Waals surface area (Å²) in [5.41, 5.74) is 2.93. The van der Waals surface area contributed by atoms with Gasteiger partial charge in [0.2, 0.25) is 5.91 Å². The van der Waals surface area contributed by atoms with Gasteiger partial charge in [-0.05, 0) is 43.5 Å². The van der Waals surface area contributed by atoms with Crippen LogP contribution in [0.5, 0.6) is 0 Å². The summed E-state index contributed by atoms with van der Waals surface area (Å²) in [6, 6.07) is 12.1. The van der Waals surface area contributed by atoms with E-state index in [1.165, 1.54) is 25.4 Å². The standard InChI is InChI=1S/C23H20N4O3/c1-14(28)19-4-2-3-5-20(19)17-10-18(13-24-12-17)26-23(30)16-8-9-25-21(11-16)27-22(29)15-6-7-15/h2-5,8-13,15H,6-7H2,1H3,(H,26,30)(H,25,27,29). The predicted octanol–water partition coefficient (Wildman–Crippen LogP) is 3.95. The summed E-state index contributed by atoms with van der Waals surface area (Å²) in [6.45, 7) is 1.51. The molecular formula is C23H20N4O3. The number of nitrogens with one attached hydrogen (secondary N) is 2. The molecule has 4 rings (SSSR count). The van der Waals surface area contributed by atoms with E-state index in [1.807, 2.05) is 18.2 Å². The fourth-order valence-electron chi connectivity index (χ4n) is 3.11. The lowest BCUT2D eigenvalue weighted by Crippen LogP contribution is -2.16. The molecule has 30 heavy (non-hydrogen) atoms. The maximum Gasteiger partial charge on any atom is 0.255 e. The molecule has 0 atom stereocenters. The smallest absolute Gasteiger partial charge is 0.255 e. The van der Waals surface area contributed by atoms with Crippen molar-refractivity contribution in [1.82, 2.24) is 9.97 Å². The first-order chi connectivity index (χ1) is 14.5. The van der Waals surface area contributed by atoms with Gasteiger partial charge in [0, 0.05) is 35.0 Å². The van der Waals surface area contributed by atoms with Crippen LogP contribution in [-0.4, -0.2) is 27.6 Å². The van der Waals surface area contributed by atoms with Crippen molar-refractivity contribution in [1.29, 1.82) is 0 Å². The normalized spacial score (nSPS) is 12.8. The van der Waals surface area contributed by atoms with Crippen LogP contribution in [0.15, 0.2) is 61.1 Å². The monoisotopic (exact) mass is 400 g/mol. The molecule has 7 heteroatoms. The minimum Gasteiger partial charge on any atom is -0.321 e. The van der Waals surface area contributed by atoms with Gasteiger partial charge in [0.25, 0.3) is 5.91 Å². The Kier molecular flexibility index (Phi) is 5.34. The number of hydrogen-bond donors (Lipinski definition) is 2. The van der Waals surface area contributed by atoms with Crippen molar-refractivity contribution in [3.8, 4) is 11.1 Å². The number of pyridine rings is 2. The number of carbonyl (C=O) groups is 3. The third-order valence-electron chi connectivity index (χ3n) is 4.84. The molecule has 0 saturated heterocycles. The van der Waals surface area contributed by atoms with Crippen molar-refractivity contribution < 1.29 is 14.4 Å². The number of rotatable bonds is 6. The van der Waals surface area contributed by atoms with Gasteiger partial charge in [-0.1, -0.05) is 24.3 Å². The molecule has 2 amide bonds. The van der Waals surface area contributed by atoms with E-state index in [0.29, 0.717) is 22.6 Å². The first kappa shape index (κ1) is 19.4. The van der Waals surface area contributed by atoms with E-state index in [9.17, 15) is 14.4 Å². The first-order valence-corrected chi connectivity index (χ1v) is 9.65. The molecule has 2 aromatic heterocycles. The van der Waals surface area contributed by atoms with Crippen molar-refractivity contribution in [2.45, 2.75) is 19.8 Å². The largest absolute Gasteiger partial charge is 0.321 e. The van der Waals surface area contributed by atoms with E-state index >= 15 is 0 Å². The van der Waals surface area contributed by atoms with Gasteiger partial charge in [0.15, 0.2) is 5.78 Å². The Bertz CT molecular complexity index is 1140. The highest BCUT2D eigenvalue weighted by Gasteiger charge is 2.29. The van der Waals surface area contributed by atoms with Gasteiger partial charge >= 0.3 is 0 Å². The average molecular weight is 400 g/mol. The Labute approximate surface area is 173 Å². The van der Waals surface area contributed by atoms with Crippen molar-refractivity contribution in [3.63, 3.8) is 0 Å². The first-order valence-electron chi connectivity index (χ1n) is 9.65. The highest BCUT2D eigenvalue weighted by Crippen LogP contribution is 2.30. The molecule has 0 aliphatic heterocycles. The molecule has 2 N–H and O–H groups in total. The number of ketones is 1. The molecule has 7 nitrogen and oxygen atoms in total. The maximum absolute atomic E-state index is 12.7. The summed E-state index contributed by atoms with van der Waals surface area (Å²) in [5, 5.41) is 5.54. The molecule has 0 bridgehead atoms. The number of aromatic nitrogens is 2. The van der Waals surface area contributed by atoms with Crippen LogP contribution in [0.2, 0.25) is 0 Å². The topological polar surface area (TPSA) is 101 Å². The van der Waals surface area contributed by atoms with E-state index in [0.717, 1.165) is 24.0 Å². The molecule has 3 aromatic rings. The SMILES string of the molecule is CC(=O)c1ccccc1-c1cncc(NC(=O)c2ccnc(NC(=O)C3CC3)c2)c1. The molecule has 2 heterocycles. The maximum atomic E-state index is 12.7. The number of benzene rings is 1. The van der Waals surface area contributed by atoms with Gasteiger partial charge in [-0.25, -0.2) is 4.98 Å². The lowest BCUT2D eigenvalue weighted by Gasteiger charge is -2.10. The summed E-state index contributed by atoms with van der Waals surface area (Å²) in [7, 11) is 0. The van der Waals surface area contributed by atoms with Gasteiger partial charge in [-0.3, -0.25) is 19.4 Å². The second-order valence-electron chi connectivity index (χ2n) is 7.21. The van der Waals surface area contributed by atoms with E-state index in [4.69, 9.17) is 0 Å². The summed E-state index contributed by atoms with van der Waals surface area (Å²) in [4.78, 5) is 44.8. The van der Waals surface area contributed by atoms with Crippen LogP contribution < -0.4 is 10.6 Å². The van der Waals surface area contributed by atoms with Crippen molar-refractivity contribution in [3.05, 3.63) is 72.2 Å². The van der Waals surface area contributed by atoms with Gasteiger partial charge in [-0.15, -0.1) is 0 Å². The lowest BCUT2D eigenvalue weighted by atomic mass is 9.98. The predicted molar refractivity (Wildman–Crippen MR) is 113 cm³/mol. The van der Waals surface area contributed by atoms with E-state index in [-0.39, 0.29) is 23.5 Å². The highest BCUT2D eigenvalue weighted by atomic mass is 16.2. The Morgan fingerprint density at radius 3 is 2.57 bits per heavy atom. The second-order valence-corrected chi connectivity index (χ2v) is 7.21. The van der Waals surface area contributed by atoms with Gasteiger partial charge in [0.05, 0.1) is 11.9 Å². The Balaban J connectivity index is 1.53. The minimum absolute atomic E-state index is 0.0439. The molecule has 0 unspecified atom stereocenters. The van der Waals surface area contributed by atoms with Gasteiger partial charge < -0.3 is 10.6 Å². The Morgan fingerprint density at radius 2 is 1.80 bits per heavy atom. The van der Waals surface area contributed by atoms with Crippen molar-refractivity contribution in [2.75, 3.05) is 10.6 Å². The van der Waals surface area contributed by atoms with Crippen LogP contribution in [0, 0.1) is 5.92 Å². The molecule has 1 aromatic carbocycles. The zero-order valence-electron chi connectivity index (χ0n) is 16.4. The number of nitrogens with zero attached hydrogens (tertiary/aromatic N) is 2. The molecule has 150 valence electrons. The molecule has 1 aliphatic rings. The number of anilines is 2. The highest BCUT2D eigenvalue weighted by molar-refractivity contribution is 6.06. The molecule has 1 fully saturated rings. The van der Waals surface area contributed by atoms with Gasteiger partial charge in [-0.2, -0.15) is 0 Å². The lowest BCUT2D eigenvalue weighted by molar-refractivity contribution is -0.117. The van der Waals surface area contributed by atoms with Crippen molar-refractivity contribution in [2.24, 2.45) is 5.92 Å². The fraction of sp³-hybridized carbons (Fsp3) is 0.174. The third kappa shape index (κ3) is 4.41. The van der Waals surface area contributed by atoms with Crippen LogP contribution in [0.3, 0.4) is 0 Å². The van der Waals surface area contributed by atoms with E-state index in [1.54, 1.807) is 24.4 Å². The fourth-order valence-corrected chi connectivity index (χ4v) is 3.11. The van der Waals surface area contributed by atoms with Gasteiger partial charge in [0.1, 0.15) is 5.82 Å². The number of hydrogen-bond acceptors (Lipinski definition) is 5. The Morgan fingerprint density at radius 1 is 1.00 bits per heavy atom. The Hall–Kier alpha value is -3.87. The summed E-state index contributed by atoms with van der Waals surface area (Å²) in [5.74, 6) is -0.0605. The number of carbonyl (C=O) groups excluding carboxylic acids is 3. The van der Waals surface area contributed by atoms with Crippen LogP contribution in [-0.2, 0) is 4.79 Å². The number of Topliss-reactive ketones (excluding diaryl/α,β-unsaturated/α-hetero) is 1.